The van der Waals surface area contributed by atoms with Crippen LogP contribution in [0.2, 0.25) is 0 Å². The van der Waals surface area contributed by atoms with E-state index in [0.717, 1.165) is 12.8 Å². The monoisotopic (exact) mass is 338 g/mol. The van der Waals surface area contributed by atoms with E-state index in [-0.39, 0.29) is 11.6 Å². The molecule has 2 nitrogen and oxygen atoms in total. The number of carbonyl (C=O) groups excluding carboxylic acids is 1. The standard InChI is InChI=1S/C22H42O2/c1-5-7-8-9-10-11-12-13-14-15-16-17-18-19-20-22(3,4)24-21(23)6-2/h6H,2,5,7-20H2,1,3-4H3. The lowest BCUT2D eigenvalue weighted by Crippen LogP contribution is -2.27. The molecule has 0 atom stereocenters. The van der Waals surface area contributed by atoms with Gasteiger partial charge in [0, 0.05) is 6.08 Å². The van der Waals surface area contributed by atoms with Gasteiger partial charge in [0.25, 0.3) is 0 Å². The summed E-state index contributed by atoms with van der Waals surface area (Å²) >= 11 is 0. The van der Waals surface area contributed by atoms with Crippen molar-refractivity contribution in [1.82, 2.24) is 0 Å². The fraction of sp³-hybridized carbons (Fsp3) is 0.864. The average molecular weight is 339 g/mol. The van der Waals surface area contributed by atoms with Crippen molar-refractivity contribution in [3.8, 4) is 0 Å². The lowest BCUT2D eigenvalue weighted by molar-refractivity contribution is -0.150. The highest BCUT2D eigenvalue weighted by Gasteiger charge is 2.20. The molecule has 0 rings (SSSR count). The van der Waals surface area contributed by atoms with E-state index in [1.54, 1.807) is 0 Å². The summed E-state index contributed by atoms with van der Waals surface area (Å²) in [5, 5.41) is 0. The first-order chi connectivity index (χ1) is 11.5. The van der Waals surface area contributed by atoms with Gasteiger partial charge in [0.15, 0.2) is 0 Å². The van der Waals surface area contributed by atoms with E-state index in [4.69, 9.17) is 4.74 Å². The first-order valence-corrected chi connectivity index (χ1v) is 10.4. The van der Waals surface area contributed by atoms with Gasteiger partial charge in [-0.3, -0.25) is 0 Å². The summed E-state index contributed by atoms with van der Waals surface area (Å²) in [6.45, 7) is 9.69. The molecule has 0 heterocycles. The SMILES string of the molecule is C=CC(=O)OC(C)(C)CCCCCCCCCCCCCCCC. The summed E-state index contributed by atoms with van der Waals surface area (Å²) in [5.74, 6) is -0.314. The largest absolute Gasteiger partial charge is 0.457 e. The van der Waals surface area contributed by atoms with Gasteiger partial charge >= 0.3 is 5.97 Å². The third-order valence-corrected chi connectivity index (χ3v) is 4.68. The van der Waals surface area contributed by atoms with Gasteiger partial charge in [0.1, 0.15) is 5.60 Å². The van der Waals surface area contributed by atoms with Gasteiger partial charge < -0.3 is 4.74 Å². The second-order valence-corrected chi connectivity index (χ2v) is 7.73. The Balaban J connectivity index is 3.28. The van der Waals surface area contributed by atoms with Crippen molar-refractivity contribution in [1.29, 1.82) is 0 Å². The van der Waals surface area contributed by atoms with E-state index in [9.17, 15) is 4.79 Å². The minimum absolute atomic E-state index is 0.314. The summed E-state index contributed by atoms with van der Waals surface area (Å²) in [4.78, 5) is 11.2. The Morgan fingerprint density at radius 3 is 1.54 bits per heavy atom. The number of rotatable bonds is 17. The van der Waals surface area contributed by atoms with Crippen LogP contribution in [0.25, 0.3) is 0 Å². The lowest BCUT2D eigenvalue weighted by Gasteiger charge is -2.24. The summed E-state index contributed by atoms with van der Waals surface area (Å²) < 4.78 is 5.34. The summed E-state index contributed by atoms with van der Waals surface area (Å²) in [5.41, 5.74) is -0.359. The van der Waals surface area contributed by atoms with E-state index >= 15 is 0 Å². The van der Waals surface area contributed by atoms with Crippen LogP contribution in [0.1, 0.15) is 117 Å². The van der Waals surface area contributed by atoms with E-state index in [0.29, 0.717) is 0 Å². The van der Waals surface area contributed by atoms with Crippen LogP contribution in [-0.2, 0) is 9.53 Å². The molecule has 0 aromatic rings. The number of carbonyl (C=O) groups is 1. The maximum Gasteiger partial charge on any atom is 0.330 e. The number of hydrogen-bond acceptors (Lipinski definition) is 2. The van der Waals surface area contributed by atoms with Crippen LogP contribution in [-0.4, -0.2) is 11.6 Å². The summed E-state index contributed by atoms with van der Waals surface area (Å²) in [6.07, 6.45) is 21.3. The predicted octanol–water partition coefficient (Wildman–Crippen LogP) is 7.37. The molecule has 0 unspecified atom stereocenters. The molecule has 0 aliphatic rings. The van der Waals surface area contributed by atoms with E-state index in [2.05, 4.69) is 13.5 Å². The summed E-state index contributed by atoms with van der Waals surface area (Å²) in [7, 11) is 0. The first kappa shape index (κ1) is 23.2. The maximum atomic E-state index is 11.2. The van der Waals surface area contributed by atoms with Crippen molar-refractivity contribution < 1.29 is 9.53 Å². The van der Waals surface area contributed by atoms with Crippen LogP contribution in [0.15, 0.2) is 12.7 Å². The van der Waals surface area contributed by atoms with Gasteiger partial charge in [-0.15, -0.1) is 0 Å². The van der Waals surface area contributed by atoms with Crippen molar-refractivity contribution >= 4 is 5.97 Å². The maximum absolute atomic E-state index is 11.2. The van der Waals surface area contributed by atoms with Gasteiger partial charge in [-0.25, -0.2) is 4.79 Å². The van der Waals surface area contributed by atoms with Crippen LogP contribution in [0, 0.1) is 0 Å². The Morgan fingerprint density at radius 1 is 0.792 bits per heavy atom. The van der Waals surface area contributed by atoms with Gasteiger partial charge in [-0.05, 0) is 26.7 Å². The van der Waals surface area contributed by atoms with Crippen LogP contribution in [0.3, 0.4) is 0 Å². The second-order valence-electron chi connectivity index (χ2n) is 7.73. The topological polar surface area (TPSA) is 26.3 Å². The highest BCUT2D eigenvalue weighted by molar-refractivity contribution is 5.81. The molecule has 0 aromatic heterocycles. The van der Waals surface area contributed by atoms with Crippen LogP contribution < -0.4 is 0 Å². The molecule has 0 radical (unpaired) electrons. The zero-order chi connectivity index (χ0) is 18.1. The normalized spacial score (nSPS) is 11.5. The Hall–Kier alpha value is -0.790. The average Bonchev–Trinajstić information content (AvgIpc) is 2.54. The van der Waals surface area contributed by atoms with Crippen LogP contribution >= 0.6 is 0 Å². The fourth-order valence-electron chi connectivity index (χ4n) is 3.11. The molecule has 2 heteroatoms. The van der Waals surface area contributed by atoms with Crippen LogP contribution in [0.5, 0.6) is 0 Å². The third kappa shape index (κ3) is 16.1. The third-order valence-electron chi connectivity index (χ3n) is 4.68. The Morgan fingerprint density at radius 2 is 1.17 bits per heavy atom. The van der Waals surface area contributed by atoms with Crippen molar-refractivity contribution in [3.63, 3.8) is 0 Å². The number of hydrogen-bond donors (Lipinski definition) is 0. The number of esters is 1. The Labute approximate surface area is 151 Å². The predicted molar refractivity (Wildman–Crippen MR) is 105 cm³/mol. The molecule has 0 aromatic carbocycles. The van der Waals surface area contributed by atoms with Crippen LogP contribution in [0.4, 0.5) is 0 Å². The zero-order valence-electron chi connectivity index (χ0n) is 16.7. The van der Waals surface area contributed by atoms with Crippen molar-refractivity contribution in [2.24, 2.45) is 0 Å². The number of ether oxygens (including phenoxy) is 1. The molecule has 0 bridgehead atoms. The molecule has 0 fully saturated rings. The lowest BCUT2D eigenvalue weighted by atomic mass is 9.99. The molecule has 142 valence electrons. The molecular weight excluding hydrogens is 296 g/mol. The quantitative estimate of drug-likeness (QED) is 0.157. The molecule has 0 aliphatic carbocycles. The van der Waals surface area contributed by atoms with E-state index in [1.165, 1.54) is 89.5 Å². The molecule has 0 spiro atoms. The fourth-order valence-corrected chi connectivity index (χ4v) is 3.11. The van der Waals surface area contributed by atoms with E-state index < -0.39 is 0 Å². The zero-order valence-corrected chi connectivity index (χ0v) is 16.7. The Bertz CT molecular complexity index is 307. The van der Waals surface area contributed by atoms with Gasteiger partial charge in [-0.2, -0.15) is 0 Å². The van der Waals surface area contributed by atoms with Gasteiger partial charge in [0.05, 0.1) is 0 Å². The Kier molecular flexibility index (Phi) is 15.2. The minimum atomic E-state index is -0.359. The summed E-state index contributed by atoms with van der Waals surface area (Å²) in [6, 6.07) is 0. The second kappa shape index (κ2) is 15.7. The molecule has 0 saturated heterocycles. The number of unbranched alkanes of at least 4 members (excludes halogenated alkanes) is 13. The van der Waals surface area contributed by atoms with E-state index in [1.807, 2.05) is 13.8 Å². The molecule has 0 aliphatic heterocycles. The molecule has 0 amide bonds. The van der Waals surface area contributed by atoms with Crippen molar-refractivity contribution in [3.05, 3.63) is 12.7 Å². The molecule has 0 N–H and O–H groups in total. The highest BCUT2D eigenvalue weighted by Crippen LogP contribution is 2.20. The highest BCUT2D eigenvalue weighted by atomic mass is 16.6. The van der Waals surface area contributed by atoms with Gasteiger partial charge in [0.2, 0.25) is 0 Å². The molecular formula is C22H42O2. The van der Waals surface area contributed by atoms with Crippen molar-refractivity contribution in [2.45, 2.75) is 123 Å². The smallest absolute Gasteiger partial charge is 0.330 e. The van der Waals surface area contributed by atoms with Gasteiger partial charge in [-0.1, -0.05) is 97.0 Å². The van der Waals surface area contributed by atoms with Crippen molar-refractivity contribution in [2.75, 3.05) is 0 Å². The molecule has 24 heavy (non-hydrogen) atoms. The first-order valence-electron chi connectivity index (χ1n) is 10.4. The molecule has 0 saturated carbocycles. The minimum Gasteiger partial charge on any atom is -0.457 e.